The number of halogens is 1. The van der Waals surface area contributed by atoms with E-state index in [1.54, 1.807) is 54.7 Å². The lowest BCUT2D eigenvalue weighted by atomic mass is 10.1. The molecular weight excluding hydrogens is 357 g/mol. The number of amides is 1. The lowest BCUT2D eigenvalue weighted by Crippen LogP contribution is -2.14. The first-order valence-corrected chi connectivity index (χ1v) is 9.13. The average molecular weight is 379 g/mol. The number of nitrogens with zero attached hydrogens (tertiary/aromatic N) is 1. The van der Waals surface area contributed by atoms with Crippen LogP contribution < -0.4 is 15.4 Å². The molecule has 6 heteroatoms. The largest absolute Gasteiger partial charge is 0.494 e. The van der Waals surface area contributed by atoms with E-state index in [1.807, 2.05) is 13.0 Å². The highest BCUT2D eigenvalue weighted by Gasteiger charge is 2.08. The monoisotopic (exact) mass is 379 g/mol. The second kappa shape index (κ2) is 9.50. The highest BCUT2D eigenvalue weighted by Crippen LogP contribution is 2.16. The van der Waals surface area contributed by atoms with E-state index in [-0.39, 0.29) is 11.7 Å². The zero-order valence-electron chi connectivity index (χ0n) is 15.6. The molecule has 0 unspecified atom stereocenters. The maximum absolute atomic E-state index is 13.6. The van der Waals surface area contributed by atoms with E-state index in [2.05, 4.69) is 15.6 Å². The van der Waals surface area contributed by atoms with Crippen LogP contribution in [-0.2, 0) is 6.42 Å². The number of pyridine rings is 1. The summed E-state index contributed by atoms with van der Waals surface area (Å²) in [5.74, 6) is 0.259. The van der Waals surface area contributed by atoms with Gasteiger partial charge in [-0.2, -0.15) is 0 Å². The third kappa shape index (κ3) is 5.30. The molecule has 3 aromatic rings. The number of rotatable bonds is 8. The van der Waals surface area contributed by atoms with E-state index >= 15 is 0 Å². The zero-order valence-corrected chi connectivity index (χ0v) is 15.6. The molecule has 0 aliphatic rings. The SMILES string of the molecule is CCOc1ccc(NC(=O)c2ccc(NCCc3ccccc3F)cn2)cc1. The Kier molecular flexibility index (Phi) is 6.57. The Morgan fingerprint density at radius 3 is 2.46 bits per heavy atom. The maximum Gasteiger partial charge on any atom is 0.274 e. The van der Waals surface area contributed by atoms with Crippen molar-refractivity contribution in [2.45, 2.75) is 13.3 Å². The van der Waals surface area contributed by atoms with E-state index in [0.29, 0.717) is 36.5 Å². The lowest BCUT2D eigenvalue weighted by molar-refractivity contribution is 0.102. The van der Waals surface area contributed by atoms with Crippen LogP contribution in [0.25, 0.3) is 0 Å². The van der Waals surface area contributed by atoms with Gasteiger partial charge in [-0.15, -0.1) is 0 Å². The minimum absolute atomic E-state index is 0.205. The molecular formula is C22H22FN3O2. The van der Waals surface area contributed by atoms with Crippen LogP contribution in [0.3, 0.4) is 0 Å². The van der Waals surface area contributed by atoms with Gasteiger partial charge < -0.3 is 15.4 Å². The van der Waals surface area contributed by atoms with Crippen molar-refractivity contribution < 1.29 is 13.9 Å². The normalized spacial score (nSPS) is 10.4. The Labute approximate surface area is 163 Å². The van der Waals surface area contributed by atoms with Gasteiger partial charge in [0.25, 0.3) is 5.91 Å². The Bertz CT molecular complexity index is 912. The number of carbonyl (C=O) groups excluding carboxylic acids is 1. The molecule has 2 N–H and O–H groups in total. The molecule has 28 heavy (non-hydrogen) atoms. The van der Waals surface area contributed by atoms with Gasteiger partial charge in [0.15, 0.2) is 0 Å². The molecule has 1 aromatic heterocycles. The number of hydrogen-bond donors (Lipinski definition) is 2. The highest BCUT2D eigenvalue weighted by molar-refractivity contribution is 6.02. The fourth-order valence-corrected chi connectivity index (χ4v) is 2.67. The number of aromatic nitrogens is 1. The summed E-state index contributed by atoms with van der Waals surface area (Å²) in [7, 11) is 0. The minimum atomic E-state index is -0.290. The Morgan fingerprint density at radius 1 is 1.04 bits per heavy atom. The summed E-state index contributed by atoms with van der Waals surface area (Å²) < 4.78 is 19.0. The quantitative estimate of drug-likeness (QED) is 0.604. The molecule has 144 valence electrons. The molecule has 0 radical (unpaired) electrons. The van der Waals surface area contributed by atoms with Gasteiger partial charge in [0.05, 0.1) is 18.5 Å². The fourth-order valence-electron chi connectivity index (χ4n) is 2.67. The van der Waals surface area contributed by atoms with Crippen molar-refractivity contribution in [3.05, 3.63) is 83.9 Å². The van der Waals surface area contributed by atoms with Gasteiger partial charge in [0, 0.05) is 12.2 Å². The number of anilines is 2. The lowest BCUT2D eigenvalue weighted by Gasteiger charge is -2.09. The van der Waals surface area contributed by atoms with Crippen molar-refractivity contribution >= 4 is 17.3 Å². The van der Waals surface area contributed by atoms with Gasteiger partial charge in [0.1, 0.15) is 17.3 Å². The Morgan fingerprint density at radius 2 is 1.79 bits per heavy atom. The van der Waals surface area contributed by atoms with Crippen molar-refractivity contribution in [2.75, 3.05) is 23.8 Å². The molecule has 2 aromatic carbocycles. The van der Waals surface area contributed by atoms with Crippen LogP contribution in [0, 0.1) is 5.82 Å². The second-order valence-corrected chi connectivity index (χ2v) is 6.11. The summed E-state index contributed by atoms with van der Waals surface area (Å²) in [6.45, 7) is 3.08. The van der Waals surface area contributed by atoms with E-state index in [1.165, 1.54) is 6.07 Å². The van der Waals surface area contributed by atoms with Gasteiger partial charge in [0.2, 0.25) is 0 Å². The Hall–Kier alpha value is -3.41. The summed E-state index contributed by atoms with van der Waals surface area (Å²) in [4.78, 5) is 16.5. The van der Waals surface area contributed by atoms with Gasteiger partial charge in [-0.05, 0) is 61.4 Å². The van der Waals surface area contributed by atoms with E-state index in [4.69, 9.17) is 4.74 Å². The van der Waals surface area contributed by atoms with Crippen molar-refractivity contribution in [2.24, 2.45) is 0 Å². The molecule has 0 aliphatic heterocycles. The molecule has 0 spiro atoms. The summed E-state index contributed by atoms with van der Waals surface area (Å²) in [5, 5.41) is 5.98. The predicted octanol–water partition coefficient (Wildman–Crippen LogP) is 4.53. The summed E-state index contributed by atoms with van der Waals surface area (Å²) in [6.07, 6.45) is 2.15. The van der Waals surface area contributed by atoms with Crippen molar-refractivity contribution in [3.8, 4) is 5.75 Å². The van der Waals surface area contributed by atoms with E-state index in [9.17, 15) is 9.18 Å². The fraction of sp³-hybridized carbons (Fsp3) is 0.182. The van der Waals surface area contributed by atoms with Crippen LogP contribution in [0.1, 0.15) is 23.0 Å². The van der Waals surface area contributed by atoms with Crippen molar-refractivity contribution in [1.29, 1.82) is 0 Å². The first-order valence-electron chi connectivity index (χ1n) is 9.13. The van der Waals surface area contributed by atoms with Crippen molar-refractivity contribution in [1.82, 2.24) is 4.98 Å². The third-order valence-corrected chi connectivity index (χ3v) is 4.10. The standard InChI is InChI=1S/C22H22FN3O2/c1-2-28-19-10-7-17(8-11-19)26-22(27)21-12-9-18(15-25-21)24-14-13-16-5-3-4-6-20(16)23/h3-12,15,24H,2,13-14H2,1H3,(H,26,27). The van der Waals surface area contributed by atoms with Crippen LogP contribution in [0.2, 0.25) is 0 Å². The number of nitrogens with one attached hydrogen (secondary N) is 2. The van der Waals surface area contributed by atoms with Crippen LogP contribution >= 0.6 is 0 Å². The molecule has 3 rings (SSSR count). The third-order valence-electron chi connectivity index (χ3n) is 4.10. The van der Waals surface area contributed by atoms with Crippen LogP contribution in [-0.4, -0.2) is 24.0 Å². The molecule has 0 atom stereocenters. The van der Waals surface area contributed by atoms with Gasteiger partial charge >= 0.3 is 0 Å². The average Bonchev–Trinajstić information content (AvgIpc) is 2.71. The summed E-state index contributed by atoms with van der Waals surface area (Å²) >= 11 is 0. The first kappa shape index (κ1) is 19.4. The minimum Gasteiger partial charge on any atom is -0.494 e. The van der Waals surface area contributed by atoms with E-state index < -0.39 is 0 Å². The number of carbonyl (C=O) groups is 1. The Balaban J connectivity index is 1.51. The maximum atomic E-state index is 13.6. The van der Waals surface area contributed by atoms with Gasteiger partial charge in [-0.25, -0.2) is 9.37 Å². The summed E-state index contributed by atoms with van der Waals surface area (Å²) in [5.41, 5.74) is 2.42. The molecule has 0 bridgehead atoms. The first-order chi connectivity index (χ1) is 13.7. The number of ether oxygens (including phenoxy) is 1. The van der Waals surface area contributed by atoms with Crippen molar-refractivity contribution in [3.63, 3.8) is 0 Å². The van der Waals surface area contributed by atoms with Gasteiger partial charge in [-0.1, -0.05) is 18.2 Å². The number of hydrogen-bond acceptors (Lipinski definition) is 4. The molecule has 0 aliphatic carbocycles. The summed E-state index contributed by atoms with van der Waals surface area (Å²) in [6, 6.07) is 17.3. The molecule has 1 heterocycles. The van der Waals surface area contributed by atoms with E-state index in [0.717, 1.165) is 11.4 Å². The molecule has 0 saturated carbocycles. The molecule has 1 amide bonds. The number of benzene rings is 2. The van der Waals surface area contributed by atoms with Crippen LogP contribution in [0.15, 0.2) is 66.9 Å². The van der Waals surface area contributed by atoms with Crippen LogP contribution in [0.5, 0.6) is 5.75 Å². The molecule has 5 nitrogen and oxygen atoms in total. The van der Waals surface area contributed by atoms with Crippen LogP contribution in [0.4, 0.5) is 15.8 Å². The zero-order chi connectivity index (χ0) is 19.8. The molecule has 0 fully saturated rings. The predicted molar refractivity (Wildman–Crippen MR) is 108 cm³/mol. The highest BCUT2D eigenvalue weighted by atomic mass is 19.1. The topological polar surface area (TPSA) is 63.2 Å². The second-order valence-electron chi connectivity index (χ2n) is 6.11. The molecule has 0 saturated heterocycles. The smallest absolute Gasteiger partial charge is 0.274 e. The van der Waals surface area contributed by atoms with Gasteiger partial charge in [-0.3, -0.25) is 4.79 Å².